The number of amides is 2. The molecule has 5 aliphatic rings. The van der Waals surface area contributed by atoms with Crippen LogP contribution in [0.25, 0.3) is 0 Å². The van der Waals surface area contributed by atoms with Crippen molar-refractivity contribution in [1.29, 1.82) is 0 Å². The van der Waals surface area contributed by atoms with Crippen molar-refractivity contribution in [1.82, 2.24) is 9.80 Å². The average Bonchev–Trinajstić information content (AvgIpc) is 3.33. The molecule has 6 heteroatoms. The van der Waals surface area contributed by atoms with Gasteiger partial charge in [-0.05, 0) is 56.3 Å². The maximum Gasteiger partial charge on any atom is 0.257 e. The van der Waals surface area contributed by atoms with Crippen LogP contribution >= 0.6 is 0 Å². The Morgan fingerprint density at radius 1 is 0.784 bits per heavy atom. The van der Waals surface area contributed by atoms with Crippen molar-refractivity contribution in [2.45, 2.75) is 134 Å². The zero-order chi connectivity index (χ0) is 25.7. The molecule has 6 nitrogen and oxygen atoms in total. The number of aliphatic imine (C=N–C) groups is 1. The third-order valence-electron chi connectivity index (χ3n) is 10.5. The molecular formula is C31H52N4O2. The van der Waals surface area contributed by atoms with Gasteiger partial charge in [-0.3, -0.25) is 14.5 Å². The first kappa shape index (κ1) is 27.0. The minimum Gasteiger partial charge on any atom is -0.369 e. The lowest BCUT2D eigenvalue weighted by atomic mass is 9.73. The maximum atomic E-state index is 14.1. The maximum absolute atomic E-state index is 14.1. The fraction of sp³-hybridized carbons (Fsp3) is 0.903. The van der Waals surface area contributed by atoms with E-state index < -0.39 is 5.54 Å². The molecule has 37 heavy (non-hydrogen) atoms. The van der Waals surface area contributed by atoms with Crippen molar-refractivity contribution in [2.24, 2.45) is 34.4 Å². The van der Waals surface area contributed by atoms with Gasteiger partial charge in [-0.1, -0.05) is 89.9 Å². The van der Waals surface area contributed by atoms with Crippen LogP contribution in [0, 0.1) is 23.7 Å². The fourth-order valence-electron chi connectivity index (χ4n) is 8.35. The summed E-state index contributed by atoms with van der Waals surface area (Å²) in [5.41, 5.74) is 5.90. The molecule has 5 rings (SSSR count). The zero-order valence-corrected chi connectivity index (χ0v) is 23.3. The summed E-state index contributed by atoms with van der Waals surface area (Å²) in [6, 6.07) is 0. The van der Waals surface area contributed by atoms with Crippen molar-refractivity contribution in [3.05, 3.63) is 0 Å². The van der Waals surface area contributed by atoms with E-state index in [9.17, 15) is 9.59 Å². The van der Waals surface area contributed by atoms with Crippen molar-refractivity contribution in [3.8, 4) is 0 Å². The summed E-state index contributed by atoms with van der Waals surface area (Å²) in [5, 5.41) is 0. The number of carbonyl (C=O) groups is 2. The van der Waals surface area contributed by atoms with Gasteiger partial charge in [0.05, 0.1) is 0 Å². The number of nitrogens with two attached hydrogens (primary N) is 1. The van der Waals surface area contributed by atoms with Gasteiger partial charge in [-0.15, -0.1) is 0 Å². The Kier molecular flexibility index (Phi) is 9.13. The molecule has 2 N–H and O–H groups in total. The van der Waals surface area contributed by atoms with Crippen molar-refractivity contribution >= 4 is 17.8 Å². The smallest absolute Gasteiger partial charge is 0.257 e. The van der Waals surface area contributed by atoms with E-state index in [4.69, 9.17) is 10.7 Å². The number of hydrogen-bond acceptors (Lipinski definition) is 4. The highest BCUT2D eigenvalue weighted by Gasteiger charge is 2.50. The summed E-state index contributed by atoms with van der Waals surface area (Å²) in [7, 11) is 0. The molecule has 1 atom stereocenters. The molecular weight excluding hydrogens is 460 g/mol. The van der Waals surface area contributed by atoms with Crippen molar-refractivity contribution in [2.75, 3.05) is 19.6 Å². The Morgan fingerprint density at radius 3 is 1.92 bits per heavy atom. The highest BCUT2D eigenvalue weighted by Crippen LogP contribution is 2.42. The predicted molar refractivity (Wildman–Crippen MR) is 149 cm³/mol. The van der Waals surface area contributed by atoms with E-state index in [1.54, 1.807) is 0 Å². The third-order valence-corrected chi connectivity index (χ3v) is 10.5. The highest BCUT2D eigenvalue weighted by molar-refractivity contribution is 6.06. The number of hydrogen-bond donors (Lipinski definition) is 1. The van der Waals surface area contributed by atoms with Gasteiger partial charge < -0.3 is 10.6 Å². The number of rotatable bonds is 8. The number of likely N-dealkylation sites (tertiary alicyclic amines) is 1. The van der Waals surface area contributed by atoms with Crippen molar-refractivity contribution < 1.29 is 9.59 Å². The van der Waals surface area contributed by atoms with Crippen LogP contribution in [0.5, 0.6) is 0 Å². The predicted octanol–water partition coefficient (Wildman–Crippen LogP) is 6.03. The Hall–Kier alpha value is -1.59. The van der Waals surface area contributed by atoms with Crippen LogP contribution in [0.3, 0.4) is 0 Å². The van der Waals surface area contributed by atoms with Crippen molar-refractivity contribution in [3.63, 3.8) is 0 Å². The van der Waals surface area contributed by atoms with Crippen LogP contribution in [0.2, 0.25) is 0 Å². The highest BCUT2D eigenvalue weighted by atomic mass is 16.2. The van der Waals surface area contributed by atoms with E-state index >= 15 is 0 Å². The first-order valence-electron chi connectivity index (χ1n) is 16.0. The molecule has 0 radical (unpaired) electrons. The molecule has 2 amide bonds. The monoisotopic (exact) mass is 512 g/mol. The van der Waals surface area contributed by atoms with Crippen LogP contribution in [-0.4, -0.2) is 52.7 Å². The lowest BCUT2D eigenvalue weighted by molar-refractivity contribution is -0.135. The second-order valence-electron chi connectivity index (χ2n) is 13.3. The molecule has 0 aromatic rings. The van der Waals surface area contributed by atoms with Gasteiger partial charge in [0.15, 0.2) is 5.96 Å². The molecule has 1 unspecified atom stereocenters. The standard InChI is InChI=1S/C31H52N4O2/c32-30-33-31(21-24-11-5-3-6-12-24,22-25-13-7-4-8-14-25)29(37)35(30)20-18-26-17-19-34(23-26)28(36)27-15-9-1-2-10-16-27/h24-27H,1-23H2,(H2,32,33). The molecule has 0 aromatic carbocycles. The summed E-state index contributed by atoms with van der Waals surface area (Å²) in [6.07, 6.45) is 23.6. The molecule has 2 heterocycles. The summed E-state index contributed by atoms with van der Waals surface area (Å²) < 4.78 is 0. The molecule has 2 aliphatic heterocycles. The van der Waals surface area contributed by atoms with Gasteiger partial charge >= 0.3 is 0 Å². The molecule has 3 aliphatic carbocycles. The van der Waals surface area contributed by atoms with E-state index in [1.807, 2.05) is 4.90 Å². The molecule has 1 saturated heterocycles. The Labute approximate surface area is 225 Å². The third kappa shape index (κ3) is 6.53. The van der Waals surface area contributed by atoms with Gasteiger partial charge in [-0.2, -0.15) is 0 Å². The summed E-state index contributed by atoms with van der Waals surface area (Å²) in [6.45, 7) is 2.38. The Bertz CT molecular complexity index is 786. The fourth-order valence-corrected chi connectivity index (χ4v) is 8.35. The molecule has 4 fully saturated rings. The average molecular weight is 513 g/mol. The topological polar surface area (TPSA) is 79.0 Å². The molecule has 0 bridgehead atoms. The van der Waals surface area contributed by atoms with E-state index in [-0.39, 0.29) is 11.8 Å². The van der Waals surface area contributed by atoms with Crippen LogP contribution in [0.4, 0.5) is 0 Å². The van der Waals surface area contributed by atoms with E-state index in [0.717, 1.165) is 51.6 Å². The van der Waals surface area contributed by atoms with Gasteiger partial charge in [0.25, 0.3) is 5.91 Å². The normalized spacial score (nSPS) is 28.5. The van der Waals surface area contributed by atoms with Crippen LogP contribution in [0.1, 0.15) is 128 Å². The first-order valence-corrected chi connectivity index (χ1v) is 16.0. The SMILES string of the molecule is NC1=NC(CC2CCCCC2)(CC2CCCCC2)C(=O)N1CCC1CCN(C(=O)C2CCCCCC2)C1. The van der Waals surface area contributed by atoms with E-state index in [2.05, 4.69) is 4.90 Å². The second-order valence-corrected chi connectivity index (χ2v) is 13.3. The Morgan fingerprint density at radius 2 is 1.32 bits per heavy atom. The summed E-state index contributed by atoms with van der Waals surface area (Å²) >= 11 is 0. The lowest BCUT2D eigenvalue weighted by Gasteiger charge is -2.35. The van der Waals surface area contributed by atoms with Crippen LogP contribution < -0.4 is 5.73 Å². The lowest BCUT2D eigenvalue weighted by Crippen LogP contribution is -2.47. The largest absolute Gasteiger partial charge is 0.369 e. The van der Waals surface area contributed by atoms with Gasteiger partial charge in [0, 0.05) is 25.6 Å². The first-order chi connectivity index (χ1) is 18.0. The quantitative estimate of drug-likeness (QED) is 0.403. The Balaban J connectivity index is 1.18. The van der Waals surface area contributed by atoms with Gasteiger partial charge in [0.1, 0.15) is 5.54 Å². The van der Waals surface area contributed by atoms with E-state index in [0.29, 0.717) is 36.2 Å². The summed E-state index contributed by atoms with van der Waals surface area (Å²) in [5.74, 6) is 2.95. The van der Waals surface area contributed by atoms with E-state index in [1.165, 1.54) is 89.9 Å². The zero-order valence-electron chi connectivity index (χ0n) is 23.3. The number of carbonyl (C=O) groups excluding carboxylic acids is 2. The minimum atomic E-state index is -0.620. The van der Waals surface area contributed by atoms with Crippen LogP contribution in [0.15, 0.2) is 4.99 Å². The summed E-state index contributed by atoms with van der Waals surface area (Å²) in [4.78, 5) is 36.2. The molecule has 208 valence electrons. The van der Waals surface area contributed by atoms with Gasteiger partial charge in [0.2, 0.25) is 5.91 Å². The second kappa shape index (κ2) is 12.5. The molecule has 0 spiro atoms. The number of guanidine groups is 1. The number of nitrogens with zero attached hydrogens (tertiary/aromatic N) is 3. The molecule has 0 aromatic heterocycles. The molecule has 3 saturated carbocycles. The van der Waals surface area contributed by atoms with Gasteiger partial charge in [-0.25, -0.2) is 4.99 Å². The minimum absolute atomic E-state index is 0.186. The van der Waals surface area contributed by atoms with Crippen LogP contribution in [-0.2, 0) is 9.59 Å².